The number of thiophene rings is 1. The van der Waals surface area contributed by atoms with E-state index in [0.717, 1.165) is 28.2 Å². The number of urea groups is 1. The van der Waals surface area contributed by atoms with Crippen molar-refractivity contribution < 1.29 is 14.4 Å². The Balaban J connectivity index is 1.64. The summed E-state index contributed by atoms with van der Waals surface area (Å²) in [7, 11) is 0. The third-order valence-corrected chi connectivity index (χ3v) is 5.52. The number of rotatable bonds is 3. The van der Waals surface area contributed by atoms with Crippen molar-refractivity contribution in [3.63, 3.8) is 0 Å². The van der Waals surface area contributed by atoms with E-state index in [1.807, 2.05) is 11.4 Å². The van der Waals surface area contributed by atoms with Gasteiger partial charge in [0.25, 0.3) is 5.91 Å². The van der Waals surface area contributed by atoms with Crippen molar-refractivity contribution in [2.45, 2.75) is 24.8 Å². The highest BCUT2D eigenvalue weighted by Crippen LogP contribution is 2.42. The summed E-state index contributed by atoms with van der Waals surface area (Å²) in [6.45, 7) is -0.244. The Morgan fingerprint density at radius 3 is 3.00 bits per heavy atom. The fourth-order valence-electron chi connectivity index (χ4n) is 3.42. The van der Waals surface area contributed by atoms with Crippen LogP contribution in [0, 0.1) is 0 Å². The number of nitrogens with zero attached hydrogens (tertiary/aromatic N) is 1. The number of aryl methyl sites for hydroxylation is 1. The summed E-state index contributed by atoms with van der Waals surface area (Å²) >= 11 is 1.61. The van der Waals surface area contributed by atoms with Crippen LogP contribution in [-0.4, -0.2) is 34.2 Å². The predicted molar refractivity (Wildman–Crippen MR) is 84.3 cm³/mol. The molecule has 1 aliphatic heterocycles. The lowest BCUT2D eigenvalue weighted by Gasteiger charge is -2.31. The molecule has 3 amide bonds. The zero-order chi connectivity index (χ0) is 16.0. The smallest absolute Gasteiger partial charge is 0.325 e. The van der Waals surface area contributed by atoms with Gasteiger partial charge in [-0.25, -0.2) is 4.79 Å². The standard InChI is InChI=1S/C16H15N3O3S/c20-12(11-3-2-7-17-11)9-19-14(21)16(18-15(19)22)6-1-4-13-10(16)5-8-23-13/h2-3,5,7-8,17H,1,4,6,9H2,(H,18,22)/t16-/m0/s1. The van der Waals surface area contributed by atoms with Gasteiger partial charge in [-0.3, -0.25) is 14.5 Å². The van der Waals surface area contributed by atoms with Gasteiger partial charge in [-0.15, -0.1) is 11.3 Å². The molecule has 1 saturated heterocycles. The molecule has 1 fully saturated rings. The Labute approximate surface area is 136 Å². The molecule has 6 nitrogen and oxygen atoms in total. The van der Waals surface area contributed by atoms with E-state index in [2.05, 4.69) is 10.3 Å². The fraction of sp³-hybridized carbons (Fsp3) is 0.312. The van der Waals surface area contributed by atoms with E-state index in [1.165, 1.54) is 0 Å². The topological polar surface area (TPSA) is 82.3 Å². The quantitative estimate of drug-likeness (QED) is 0.668. The Bertz CT molecular complexity index is 795. The van der Waals surface area contributed by atoms with Crippen LogP contribution in [0.25, 0.3) is 0 Å². The summed E-state index contributed by atoms with van der Waals surface area (Å²) in [6.07, 6.45) is 3.99. The molecule has 118 valence electrons. The third-order valence-electron chi connectivity index (χ3n) is 4.54. The molecule has 23 heavy (non-hydrogen) atoms. The molecular weight excluding hydrogens is 314 g/mol. The van der Waals surface area contributed by atoms with Crippen LogP contribution in [0.4, 0.5) is 4.79 Å². The van der Waals surface area contributed by atoms with Gasteiger partial charge in [0.05, 0.1) is 12.2 Å². The molecule has 1 spiro atoms. The molecule has 2 N–H and O–H groups in total. The first-order valence-electron chi connectivity index (χ1n) is 7.49. The van der Waals surface area contributed by atoms with Gasteiger partial charge < -0.3 is 10.3 Å². The van der Waals surface area contributed by atoms with Crippen LogP contribution in [0.3, 0.4) is 0 Å². The normalized spacial score (nSPS) is 23.2. The summed E-state index contributed by atoms with van der Waals surface area (Å²) in [5.41, 5.74) is 0.300. The summed E-state index contributed by atoms with van der Waals surface area (Å²) in [6, 6.07) is 4.76. The molecular formula is C16H15N3O3S. The van der Waals surface area contributed by atoms with E-state index in [1.54, 1.807) is 29.7 Å². The summed E-state index contributed by atoms with van der Waals surface area (Å²) < 4.78 is 0. The number of hydrogen-bond donors (Lipinski definition) is 2. The second-order valence-electron chi connectivity index (χ2n) is 5.84. The zero-order valence-corrected chi connectivity index (χ0v) is 13.1. The first kappa shape index (κ1) is 14.2. The lowest BCUT2D eigenvalue weighted by atomic mass is 9.80. The number of Topliss-reactive ketones (excluding diaryl/α,β-unsaturated/α-hetero) is 1. The number of aromatic nitrogens is 1. The maximum atomic E-state index is 12.9. The van der Waals surface area contributed by atoms with Crippen molar-refractivity contribution in [3.05, 3.63) is 45.9 Å². The molecule has 7 heteroatoms. The summed E-state index contributed by atoms with van der Waals surface area (Å²) in [5, 5.41) is 4.79. The molecule has 4 rings (SSSR count). The molecule has 0 saturated carbocycles. The Morgan fingerprint density at radius 2 is 2.22 bits per heavy atom. The lowest BCUT2D eigenvalue weighted by molar-refractivity contribution is -0.131. The molecule has 0 unspecified atom stereocenters. The van der Waals surface area contributed by atoms with Crippen LogP contribution in [0.15, 0.2) is 29.8 Å². The molecule has 2 aliphatic rings. The van der Waals surface area contributed by atoms with Crippen molar-refractivity contribution in [1.29, 1.82) is 0 Å². The van der Waals surface area contributed by atoms with E-state index in [9.17, 15) is 14.4 Å². The SMILES string of the molecule is O=C(CN1C(=O)N[C@]2(CCCc3sccc32)C1=O)c1ccc[nH]1. The molecule has 1 atom stereocenters. The summed E-state index contributed by atoms with van der Waals surface area (Å²) in [4.78, 5) is 42.5. The number of nitrogens with one attached hydrogen (secondary N) is 2. The number of H-pyrrole nitrogens is 1. The van der Waals surface area contributed by atoms with Gasteiger partial charge in [-0.1, -0.05) is 0 Å². The molecule has 3 heterocycles. The van der Waals surface area contributed by atoms with Gasteiger partial charge in [-0.05, 0) is 42.8 Å². The van der Waals surface area contributed by atoms with E-state index in [0.29, 0.717) is 12.1 Å². The van der Waals surface area contributed by atoms with Gasteiger partial charge in [-0.2, -0.15) is 0 Å². The number of ketones is 1. The predicted octanol–water partition coefficient (Wildman–Crippen LogP) is 2.04. The Hall–Kier alpha value is -2.41. The molecule has 0 bridgehead atoms. The summed E-state index contributed by atoms with van der Waals surface area (Å²) in [5.74, 6) is -0.598. The molecule has 1 aliphatic carbocycles. The minimum absolute atomic E-state index is 0.244. The molecule has 0 radical (unpaired) electrons. The second kappa shape index (κ2) is 5.06. The van der Waals surface area contributed by atoms with Crippen molar-refractivity contribution in [3.8, 4) is 0 Å². The van der Waals surface area contributed by atoms with Crippen molar-refractivity contribution in [2.24, 2.45) is 0 Å². The van der Waals surface area contributed by atoms with Crippen molar-refractivity contribution >= 4 is 29.1 Å². The second-order valence-corrected chi connectivity index (χ2v) is 6.85. The van der Waals surface area contributed by atoms with Crippen molar-refractivity contribution in [2.75, 3.05) is 6.54 Å². The van der Waals surface area contributed by atoms with E-state index in [4.69, 9.17) is 0 Å². The zero-order valence-electron chi connectivity index (χ0n) is 12.3. The third kappa shape index (κ3) is 2.03. The maximum absolute atomic E-state index is 12.9. The van der Waals surface area contributed by atoms with Crippen LogP contribution in [-0.2, 0) is 16.8 Å². The minimum atomic E-state index is -0.985. The number of carbonyl (C=O) groups is 3. The molecule has 0 aromatic carbocycles. The largest absolute Gasteiger partial charge is 0.359 e. The maximum Gasteiger partial charge on any atom is 0.325 e. The van der Waals surface area contributed by atoms with E-state index < -0.39 is 11.6 Å². The molecule has 2 aromatic heterocycles. The van der Waals surface area contributed by atoms with E-state index >= 15 is 0 Å². The average Bonchev–Trinajstić information content (AvgIpc) is 3.25. The van der Waals surface area contributed by atoms with Crippen LogP contribution in [0.5, 0.6) is 0 Å². The highest BCUT2D eigenvalue weighted by molar-refractivity contribution is 7.10. The van der Waals surface area contributed by atoms with Gasteiger partial charge in [0, 0.05) is 16.6 Å². The van der Waals surface area contributed by atoms with Gasteiger partial charge >= 0.3 is 6.03 Å². The highest BCUT2D eigenvalue weighted by atomic mass is 32.1. The van der Waals surface area contributed by atoms with Crippen LogP contribution >= 0.6 is 11.3 Å². The monoisotopic (exact) mass is 329 g/mol. The van der Waals surface area contributed by atoms with Crippen LogP contribution < -0.4 is 5.32 Å². The fourth-order valence-corrected chi connectivity index (χ4v) is 4.42. The Morgan fingerprint density at radius 1 is 1.35 bits per heavy atom. The number of aromatic amines is 1. The molecule has 2 aromatic rings. The average molecular weight is 329 g/mol. The van der Waals surface area contributed by atoms with Crippen LogP contribution in [0.2, 0.25) is 0 Å². The Kier molecular flexibility index (Phi) is 3.12. The van der Waals surface area contributed by atoms with Gasteiger partial charge in [0.2, 0.25) is 0 Å². The van der Waals surface area contributed by atoms with E-state index in [-0.39, 0.29) is 18.2 Å². The lowest BCUT2D eigenvalue weighted by Crippen LogP contribution is -2.46. The van der Waals surface area contributed by atoms with Gasteiger partial charge in [0.15, 0.2) is 5.78 Å². The number of carbonyl (C=O) groups excluding carboxylic acids is 3. The van der Waals surface area contributed by atoms with Gasteiger partial charge in [0.1, 0.15) is 5.54 Å². The van der Waals surface area contributed by atoms with Crippen molar-refractivity contribution in [1.82, 2.24) is 15.2 Å². The van der Waals surface area contributed by atoms with Crippen LogP contribution in [0.1, 0.15) is 33.8 Å². The number of imide groups is 1. The number of amides is 3. The first-order chi connectivity index (χ1) is 11.1. The number of fused-ring (bicyclic) bond motifs is 2. The highest BCUT2D eigenvalue weighted by Gasteiger charge is 2.54. The minimum Gasteiger partial charge on any atom is -0.359 e. The number of hydrogen-bond acceptors (Lipinski definition) is 4. The first-order valence-corrected chi connectivity index (χ1v) is 8.37.